The topological polar surface area (TPSA) is 176 Å². The zero-order valence-electron chi connectivity index (χ0n) is 36.3. The molecule has 0 atom stereocenters. The maximum atomic E-state index is 11.9. The van der Waals surface area contributed by atoms with Crippen molar-refractivity contribution in [2.45, 2.75) is 129 Å². The minimum absolute atomic E-state index is 0.0117. The molecule has 0 rings (SSSR count). The highest BCUT2D eigenvalue weighted by Crippen LogP contribution is 2.14. The number of esters is 1. The van der Waals surface area contributed by atoms with E-state index in [4.69, 9.17) is 52.5 Å². The van der Waals surface area contributed by atoms with Gasteiger partial charge in [0.05, 0.1) is 119 Å². The lowest BCUT2D eigenvalue weighted by Crippen LogP contribution is -2.25. The van der Waals surface area contributed by atoms with Crippen molar-refractivity contribution < 1.29 is 66.9 Å². The van der Waals surface area contributed by atoms with E-state index in [0.717, 1.165) is 12.8 Å². The third-order valence-electron chi connectivity index (χ3n) is 8.80. The van der Waals surface area contributed by atoms with Crippen molar-refractivity contribution in [3.05, 3.63) is 0 Å². The lowest BCUT2D eigenvalue weighted by molar-refractivity contribution is -0.145. The molecule has 0 aliphatic heterocycles. The molecule has 0 fully saturated rings. The van der Waals surface area contributed by atoms with Crippen LogP contribution in [0.3, 0.4) is 0 Å². The van der Waals surface area contributed by atoms with Crippen LogP contribution in [-0.2, 0) is 61.8 Å². The maximum absolute atomic E-state index is 11.9. The summed E-state index contributed by atoms with van der Waals surface area (Å²) in [6.07, 6.45) is 20.6. The standard InChI is InChI=1S/C43H83NO14/c1-2-3-4-5-6-7-8-9-10-11-12-13-14-15-16-18-43(48)58-40-39-57-38-37-56-36-35-55-34-33-54-32-31-53-30-29-52-28-27-51-26-25-50-24-23-49-22-17-21-44-41(45)19-20-42(46)47/h2-40H2,1H3,(H,44,45)(H,46,47). The number of aliphatic carboxylic acids is 1. The van der Waals surface area contributed by atoms with Crippen LogP contribution in [0.15, 0.2) is 0 Å². The summed E-state index contributed by atoms with van der Waals surface area (Å²) in [5.41, 5.74) is 0. The van der Waals surface area contributed by atoms with Crippen LogP contribution in [0.1, 0.15) is 129 Å². The quantitative estimate of drug-likeness (QED) is 0.0515. The van der Waals surface area contributed by atoms with Gasteiger partial charge in [-0.1, -0.05) is 96.8 Å². The van der Waals surface area contributed by atoms with E-state index in [1.807, 2.05) is 0 Å². The van der Waals surface area contributed by atoms with Gasteiger partial charge in [-0.25, -0.2) is 0 Å². The number of ether oxygens (including phenoxy) is 10. The molecular formula is C43H83NO14. The van der Waals surface area contributed by atoms with Gasteiger partial charge in [-0.05, 0) is 12.8 Å². The van der Waals surface area contributed by atoms with Gasteiger partial charge in [0.25, 0.3) is 0 Å². The molecule has 15 nitrogen and oxygen atoms in total. The number of unbranched alkanes of at least 4 members (excludes halogenated alkanes) is 14. The van der Waals surface area contributed by atoms with Crippen LogP contribution in [0.25, 0.3) is 0 Å². The van der Waals surface area contributed by atoms with Crippen LogP contribution in [0.4, 0.5) is 0 Å². The molecule has 15 heteroatoms. The Morgan fingerprint density at radius 1 is 0.362 bits per heavy atom. The third kappa shape index (κ3) is 50.2. The summed E-state index contributed by atoms with van der Waals surface area (Å²) in [6.45, 7) is 11.4. The van der Waals surface area contributed by atoms with Gasteiger partial charge in [0.15, 0.2) is 0 Å². The Bertz CT molecular complexity index is 869. The van der Waals surface area contributed by atoms with Crippen molar-refractivity contribution in [3.63, 3.8) is 0 Å². The molecule has 58 heavy (non-hydrogen) atoms. The molecule has 0 spiro atoms. The molecule has 0 aliphatic rings. The average Bonchev–Trinajstić information content (AvgIpc) is 3.21. The van der Waals surface area contributed by atoms with E-state index in [2.05, 4.69) is 12.2 Å². The number of hydrogen-bond donors (Lipinski definition) is 2. The van der Waals surface area contributed by atoms with E-state index in [9.17, 15) is 14.4 Å². The van der Waals surface area contributed by atoms with Gasteiger partial charge >= 0.3 is 11.9 Å². The molecule has 1 amide bonds. The zero-order chi connectivity index (χ0) is 42.1. The number of nitrogens with one attached hydrogen (secondary N) is 1. The summed E-state index contributed by atoms with van der Waals surface area (Å²) >= 11 is 0. The van der Waals surface area contributed by atoms with Gasteiger partial charge in [0.2, 0.25) is 5.91 Å². The maximum Gasteiger partial charge on any atom is 0.305 e. The Kier molecular flexibility index (Phi) is 47.8. The van der Waals surface area contributed by atoms with Crippen LogP contribution in [0.2, 0.25) is 0 Å². The second kappa shape index (κ2) is 49.4. The van der Waals surface area contributed by atoms with Gasteiger partial charge in [-0.15, -0.1) is 0 Å². The van der Waals surface area contributed by atoms with Crippen molar-refractivity contribution in [2.75, 3.05) is 132 Å². The number of carboxylic acids is 1. The molecular weight excluding hydrogens is 754 g/mol. The number of hydrogen-bond acceptors (Lipinski definition) is 13. The molecule has 344 valence electrons. The second-order valence-corrected chi connectivity index (χ2v) is 14.0. The summed E-state index contributed by atoms with van der Waals surface area (Å²) < 4.78 is 54.5. The lowest BCUT2D eigenvalue weighted by atomic mass is 10.0. The van der Waals surface area contributed by atoms with Crippen LogP contribution in [-0.4, -0.2) is 155 Å². The molecule has 0 aromatic carbocycles. The van der Waals surface area contributed by atoms with Crippen LogP contribution >= 0.6 is 0 Å². The smallest absolute Gasteiger partial charge is 0.305 e. The Morgan fingerprint density at radius 3 is 1.02 bits per heavy atom. The van der Waals surface area contributed by atoms with Gasteiger partial charge in [0.1, 0.15) is 6.61 Å². The first-order chi connectivity index (χ1) is 28.6. The van der Waals surface area contributed by atoms with E-state index >= 15 is 0 Å². The molecule has 0 radical (unpaired) electrons. The molecule has 0 aromatic heterocycles. The molecule has 0 aliphatic carbocycles. The van der Waals surface area contributed by atoms with Gasteiger partial charge in [-0.2, -0.15) is 0 Å². The van der Waals surface area contributed by atoms with Gasteiger partial charge in [0, 0.05) is 26.0 Å². The van der Waals surface area contributed by atoms with Crippen LogP contribution in [0, 0.1) is 0 Å². The van der Waals surface area contributed by atoms with Crippen molar-refractivity contribution in [2.24, 2.45) is 0 Å². The molecule has 0 saturated heterocycles. The molecule has 2 N–H and O–H groups in total. The number of carbonyl (C=O) groups is 3. The summed E-state index contributed by atoms with van der Waals surface area (Å²) in [7, 11) is 0. The number of rotatable bonds is 50. The first-order valence-electron chi connectivity index (χ1n) is 22.4. The van der Waals surface area contributed by atoms with E-state index < -0.39 is 5.97 Å². The van der Waals surface area contributed by atoms with Gasteiger partial charge < -0.3 is 57.8 Å². The number of amides is 1. The van der Waals surface area contributed by atoms with Crippen LogP contribution in [0.5, 0.6) is 0 Å². The van der Waals surface area contributed by atoms with Crippen molar-refractivity contribution >= 4 is 17.8 Å². The Balaban J connectivity index is 3.15. The Hall–Kier alpha value is -1.95. The van der Waals surface area contributed by atoms with E-state index in [1.165, 1.54) is 83.5 Å². The van der Waals surface area contributed by atoms with Crippen LogP contribution < -0.4 is 5.32 Å². The normalized spacial score (nSPS) is 11.3. The number of carboxylic acid groups (broad SMARTS) is 1. The monoisotopic (exact) mass is 838 g/mol. The fourth-order valence-corrected chi connectivity index (χ4v) is 5.50. The fraction of sp³-hybridized carbons (Fsp3) is 0.930. The third-order valence-corrected chi connectivity index (χ3v) is 8.80. The second-order valence-electron chi connectivity index (χ2n) is 14.0. The molecule has 0 unspecified atom stereocenters. The highest BCUT2D eigenvalue weighted by Gasteiger charge is 2.05. The highest BCUT2D eigenvalue weighted by molar-refractivity contribution is 5.80. The fourth-order valence-electron chi connectivity index (χ4n) is 5.50. The first-order valence-corrected chi connectivity index (χ1v) is 22.4. The van der Waals surface area contributed by atoms with Crippen molar-refractivity contribution in [1.82, 2.24) is 5.32 Å². The molecule has 0 saturated carbocycles. The summed E-state index contributed by atoms with van der Waals surface area (Å²) in [5.74, 6) is -1.39. The van der Waals surface area contributed by atoms with Gasteiger partial charge in [-0.3, -0.25) is 14.4 Å². The number of carbonyl (C=O) groups excluding carboxylic acids is 2. The summed E-state index contributed by atoms with van der Waals surface area (Å²) in [6, 6.07) is 0. The largest absolute Gasteiger partial charge is 0.481 e. The minimum atomic E-state index is -0.983. The highest BCUT2D eigenvalue weighted by atomic mass is 16.6. The van der Waals surface area contributed by atoms with E-state index in [1.54, 1.807) is 0 Å². The Morgan fingerprint density at radius 2 is 0.672 bits per heavy atom. The first kappa shape index (κ1) is 56.0. The van der Waals surface area contributed by atoms with Crippen molar-refractivity contribution in [3.8, 4) is 0 Å². The SMILES string of the molecule is CCCCCCCCCCCCCCCCCC(=O)OCCOCCOCCOCCOCCOCCOCCOCCOCCOCCCNC(=O)CCC(=O)O. The predicted octanol–water partition coefficient (Wildman–Crippen LogP) is 6.31. The molecule has 0 aromatic rings. The molecule has 0 bridgehead atoms. The summed E-state index contributed by atoms with van der Waals surface area (Å²) in [4.78, 5) is 33.7. The lowest BCUT2D eigenvalue weighted by Gasteiger charge is -2.09. The van der Waals surface area contributed by atoms with E-state index in [-0.39, 0.29) is 31.3 Å². The molecule has 0 heterocycles. The predicted molar refractivity (Wildman–Crippen MR) is 222 cm³/mol. The zero-order valence-corrected chi connectivity index (χ0v) is 36.3. The van der Waals surface area contributed by atoms with E-state index in [0.29, 0.717) is 138 Å². The summed E-state index contributed by atoms with van der Waals surface area (Å²) in [5, 5.41) is 11.2. The Labute approximate surface area is 350 Å². The minimum Gasteiger partial charge on any atom is -0.481 e. The van der Waals surface area contributed by atoms with Crippen molar-refractivity contribution in [1.29, 1.82) is 0 Å². The average molecular weight is 838 g/mol.